The lowest BCUT2D eigenvalue weighted by atomic mass is 10.1. The third-order valence-electron chi connectivity index (χ3n) is 4.09. The maximum Gasteiger partial charge on any atom is 0.265 e. The second-order valence-electron chi connectivity index (χ2n) is 5.96. The van der Waals surface area contributed by atoms with E-state index in [0.717, 1.165) is 20.9 Å². The lowest BCUT2D eigenvalue weighted by Gasteiger charge is -2.07. The maximum absolute atomic E-state index is 12.3. The van der Waals surface area contributed by atoms with Crippen LogP contribution in [0.2, 0.25) is 0 Å². The molecule has 1 aliphatic heterocycles. The molecule has 3 rings (SSSR count). The highest BCUT2D eigenvalue weighted by molar-refractivity contribution is 9.10. The summed E-state index contributed by atoms with van der Waals surface area (Å²) in [6.07, 6.45) is 3.71. The molecule has 0 unspecified atom stereocenters. The molecule has 1 fully saturated rings. The number of thioether (sulfide) groups is 1. The molecular formula is C18H18BrN3O3S2. The number of amides is 2. The number of nitrogens with zero attached hydrogens (tertiary/aromatic N) is 2. The molecule has 27 heavy (non-hydrogen) atoms. The zero-order chi connectivity index (χ0) is 19.6. The Morgan fingerprint density at radius 1 is 1.44 bits per heavy atom. The molecule has 0 atom stereocenters. The molecule has 2 amide bonds. The van der Waals surface area contributed by atoms with E-state index >= 15 is 0 Å². The van der Waals surface area contributed by atoms with Crippen LogP contribution in [0, 0.1) is 0 Å². The van der Waals surface area contributed by atoms with Crippen molar-refractivity contribution in [2.45, 2.75) is 6.54 Å². The normalized spacial score (nSPS) is 16.0. The first-order valence-corrected chi connectivity index (χ1v) is 10.2. The quantitative estimate of drug-likeness (QED) is 0.401. The van der Waals surface area contributed by atoms with Gasteiger partial charge in [-0.1, -0.05) is 39.9 Å². The van der Waals surface area contributed by atoms with Crippen LogP contribution in [-0.4, -0.2) is 52.9 Å². The van der Waals surface area contributed by atoms with E-state index in [4.69, 9.17) is 17.0 Å². The number of carbonyl (C=O) groups is 2. The van der Waals surface area contributed by atoms with Crippen molar-refractivity contribution in [2.24, 2.45) is 0 Å². The third-order valence-corrected chi connectivity index (χ3v) is 6.07. The smallest absolute Gasteiger partial charge is 0.265 e. The van der Waals surface area contributed by atoms with Gasteiger partial charge in [0.15, 0.2) is 0 Å². The minimum absolute atomic E-state index is 0.0988. The monoisotopic (exact) mass is 467 g/mol. The Balaban J connectivity index is 1.94. The zero-order valence-electron chi connectivity index (χ0n) is 14.8. The fourth-order valence-electron chi connectivity index (χ4n) is 2.73. The molecule has 1 aliphatic rings. The fourth-order valence-corrected chi connectivity index (χ4v) is 4.26. The van der Waals surface area contributed by atoms with E-state index in [-0.39, 0.29) is 18.4 Å². The summed E-state index contributed by atoms with van der Waals surface area (Å²) in [6, 6.07) is 5.86. The van der Waals surface area contributed by atoms with Gasteiger partial charge in [-0.15, -0.1) is 0 Å². The van der Waals surface area contributed by atoms with Crippen LogP contribution < -0.4 is 5.32 Å². The molecule has 0 radical (unpaired) electrons. The van der Waals surface area contributed by atoms with Crippen LogP contribution in [0.3, 0.4) is 0 Å². The summed E-state index contributed by atoms with van der Waals surface area (Å²) in [5.74, 6) is -0.212. The Morgan fingerprint density at radius 3 is 2.89 bits per heavy atom. The minimum atomic E-state index is -0.113. The lowest BCUT2D eigenvalue weighted by Crippen LogP contribution is -2.30. The first-order chi connectivity index (χ1) is 12.9. The molecule has 0 saturated carbocycles. The van der Waals surface area contributed by atoms with E-state index in [1.54, 1.807) is 14.2 Å². The van der Waals surface area contributed by atoms with E-state index in [1.165, 1.54) is 16.7 Å². The highest BCUT2D eigenvalue weighted by atomic mass is 79.9. The number of halogens is 1. The van der Waals surface area contributed by atoms with E-state index < -0.39 is 0 Å². The van der Waals surface area contributed by atoms with Gasteiger partial charge in [-0.25, -0.2) is 0 Å². The number of likely N-dealkylation sites (N-methyl/N-ethyl adjacent to an activating group) is 1. The number of thiocarbonyl (C=S) groups is 1. The van der Waals surface area contributed by atoms with Crippen molar-refractivity contribution >= 4 is 73.0 Å². The molecule has 142 valence electrons. The average molecular weight is 468 g/mol. The molecule has 1 saturated heterocycles. The lowest BCUT2D eigenvalue weighted by molar-refractivity contribution is -0.122. The fraction of sp³-hybridized carbons (Fsp3) is 0.278. The largest absolute Gasteiger partial charge is 0.383 e. The third kappa shape index (κ3) is 4.43. The first kappa shape index (κ1) is 20.1. The Bertz CT molecular complexity index is 955. The van der Waals surface area contributed by atoms with Gasteiger partial charge in [-0.3, -0.25) is 14.5 Å². The number of aromatic nitrogens is 1. The molecule has 1 aromatic heterocycles. The molecular weight excluding hydrogens is 450 g/mol. The summed E-state index contributed by atoms with van der Waals surface area (Å²) in [5, 5.41) is 3.77. The van der Waals surface area contributed by atoms with Crippen LogP contribution in [-0.2, 0) is 20.9 Å². The summed E-state index contributed by atoms with van der Waals surface area (Å²) in [7, 11) is 3.26. The van der Waals surface area contributed by atoms with E-state index in [2.05, 4.69) is 21.2 Å². The SMILES string of the molecule is COCCNC(=O)Cn1cc(/C=C2\SC(=S)N(C)C2=O)c2cc(Br)ccc21. The van der Waals surface area contributed by atoms with Crippen LogP contribution in [0.15, 0.2) is 33.8 Å². The second-order valence-corrected chi connectivity index (χ2v) is 8.55. The molecule has 1 aromatic carbocycles. The van der Waals surface area contributed by atoms with Crippen molar-refractivity contribution in [2.75, 3.05) is 27.3 Å². The standard InChI is InChI=1S/C18H18BrN3O3S2/c1-21-17(24)15(27-18(21)26)7-11-9-22(10-16(23)20-5-6-25-2)14-4-3-12(19)8-13(11)14/h3-4,7-9H,5-6,10H2,1-2H3,(H,20,23)/b15-7-. The predicted octanol–water partition coefficient (Wildman–Crippen LogP) is 3.00. The number of rotatable bonds is 6. The topological polar surface area (TPSA) is 63.6 Å². The summed E-state index contributed by atoms with van der Waals surface area (Å²) >= 11 is 9.96. The number of nitrogens with one attached hydrogen (secondary N) is 1. The second kappa shape index (κ2) is 8.55. The van der Waals surface area contributed by atoms with E-state index in [0.29, 0.717) is 22.4 Å². The van der Waals surface area contributed by atoms with Crippen molar-refractivity contribution < 1.29 is 14.3 Å². The predicted molar refractivity (Wildman–Crippen MR) is 115 cm³/mol. The highest BCUT2D eigenvalue weighted by Crippen LogP contribution is 2.34. The number of hydrogen-bond donors (Lipinski definition) is 1. The molecule has 0 spiro atoms. The van der Waals surface area contributed by atoms with Gasteiger partial charge in [0.05, 0.1) is 11.5 Å². The average Bonchev–Trinajstić information content (AvgIpc) is 3.07. The van der Waals surface area contributed by atoms with Crippen molar-refractivity contribution in [3.63, 3.8) is 0 Å². The van der Waals surface area contributed by atoms with Gasteiger partial charge in [0.25, 0.3) is 5.91 Å². The van der Waals surface area contributed by atoms with Crippen molar-refractivity contribution in [1.29, 1.82) is 0 Å². The van der Waals surface area contributed by atoms with Crippen LogP contribution in [0.4, 0.5) is 0 Å². The van der Waals surface area contributed by atoms with E-state index in [1.807, 2.05) is 35.0 Å². The van der Waals surface area contributed by atoms with Crippen LogP contribution in [0.1, 0.15) is 5.56 Å². The Labute approximate surface area is 175 Å². The van der Waals surface area contributed by atoms with Gasteiger partial charge < -0.3 is 14.6 Å². The van der Waals surface area contributed by atoms with Crippen LogP contribution in [0.5, 0.6) is 0 Å². The molecule has 1 N–H and O–H groups in total. The first-order valence-electron chi connectivity index (χ1n) is 8.16. The van der Waals surface area contributed by atoms with Crippen molar-refractivity contribution in [3.8, 4) is 0 Å². The minimum Gasteiger partial charge on any atom is -0.383 e. The van der Waals surface area contributed by atoms with Gasteiger partial charge in [0.1, 0.15) is 10.9 Å². The van der Waals surface area contributed by atoms with Gasteiger partial charge in [0, 0.05) is 47.8 Å². The van der Waals surface area contributed by atoms with Gasteiger partial charge in [-0.05, 0) is 24.3 Å². The summed E-state index contributed by atoms with van der Waals surface area (Å²) in [5.41, 5.74) is 1.78. The van der Waals surface area contributed by atoms with Gasteiger partial charge in [0.2, 0.25) is 5.91 Å². The molecule has 0 aliphatic carbocycles. The van der Waals surface area contributed by atoms with Gasteiger partial charge in [-0.2, -0.15) is 0 Å². The zero-order valence-corrected chi connectivity index (χ0v) is 18.0. The summed E-state index contributed by atoms with van der Waals surface area (Å²) in [6.45, 7) is 1.12. The van der Waals surface area contributed by atoms with Gasteiger partial charge >= 0.3 is 0 Å². The van der Waals surface area contributed by atoms with E-state index in [9.17, 15) is 9.59 Å². The maximum atomic E-state index is 12.3. The number of methoxy groups -OCH3 is 1. The Kier molecular flexibility index (Phi) is 6.36. The number of hydrogen-bond acceptors (Lipinski definition) is 5. The molecule has 2 heterocycles. The molecule has 6 nitrogen and oxygen atoms in total. The Morgan fingerprint density at radius 2 is 2.22 bits per heavy atom. The van der Waals surface area contributed by atoms with Crippen molar-refractivity contribution in [1.82, 2.24) is 14.8 Å². The number of fused-ring (bicyclic) bond motifs is 1. The highest BCUT2D eigenvalue weighted by Gasteiger charge is 2.29. The number of ether oxygens (including phenoxy) is 1. The molecule has 9 heteroatoms. The Hall–Kier alpha value is -1.68. The van der Waals surface area contributed by atoms with Crippen molar-refractivity contribution in [3.05, 3.63) is 39.3 Å². The summed E-state index contributed by atoms with van der Waals surface area (Å²) < 4.78 is 8.29. The number of benzene rings is 1. The molecule has 0 bridgehead atoms. The number of carbonyl (C=O) groups excluding carboxylic acids is 2. The van der Waals surface area contributed by atoms with Crippen LogP contribution in [0.25, 0.3) is 17.0 Å². The van der Waals surface area contributed by atoms with Crippen LogP contribution >= 0.6 is 39.9 Å². The summed E-state index contributed by atoms with van der Waals surface area (Å²) in [4.78, 5) is 26.5. The molecule has 2 aromatic rings.